The van der Waals surface area contributed by atoms with Gasteiger partial charge in [0.25, 0.3) is 0 Å². The minimum Gasteiger partial charge on any atom is -0.383 e. The molecule has 0 aromatic carbocycles. The van der Waals surface area contributed by atoms with E-state index in [4.69, 9.17) is 4.74 Å². The Balaban J connectivity index is 1.69. The Morgan fingerprint density at radius 1 is 1.42 bits per heavy atom. The van der Waals surface area contributed by atoms with Crippen LogP contribution in [0.25, 0.3) is 0 Å². The van der Waals surface area contributed by atoms with E-state index in [1.54, 1.807) is 7.11 Å². The molecule has 1 atom stereocenters. The number of hydrogen-bond acceptors (Lipinski definition) is 4. The number of methoxy groups -OCH3 is 1. The van der Waals surface area contributed by atoms with Gasteiger partial charge in [0.1, 0.15) is 0 Å². The van der Waals surface area contributed by atoms with Crippen molar-refractivity contribution in [2.75, 3.05) is 40.4 Å². The van der Waals surface area contributed by atoms with Gasteiger partial charge in [0.15, 0.2) is 5.96 Å². The lowest BCUT2D eigenvalue weighted by atomic mass is 10.2. The van der Waals surface area contributed by atoms with Gasteiger partial charge in [-0.2, -0.15) is 0 Å². The normalized spacial score (nSPS) is 16.5. The molecule has 0 amide bonds. The zero-order chi connectivity index (χ0) is 17.4. The molecular formula is C18H32N4OS. The number of aliphatic imine (C=N–C) groups is 1. The van der Waals surface area contributed by atoms with Crippen LogP contribution in [0.2, 0.25) is 0 Å². The smallest absolute Gasteiger partial charge is 0.191 e. The SMILES string of the molecule is CN=C(NCCN(CCOC)C1CC1)NC(C)Cc1ccc(C)s1. The Labute approximate surface area is 150 Å². The van der Waals surface area contributed by atoms with Crippen molar-refractivity contribution in [3.05, 3.63) is 21.9 Å². The average Bonchev–Trinajstić information content (AvgIpc) is 3.32. The van der Waals surface area contributed by atoms with Crippen LogP contribution in [-0.4, -0.2) is 63.3 Å². The van der Waals surface area contributed by atoms with E-state index in [0.717, 1.165) is 44.7 Å². The Morgan fingerprint density at radius 2 is 2.21 bits per heavy atom. The van der Waals surface area contributed by atoms with Gasteiger partial charge >= 0.3 is 0 Å². The quantitative estimate of drug-likeness (QED) is 0.501. The Bertz CT molecular complexity index is 513. The molecule has 24 heavy (non-hydrogen) atoms. The van der Waals surface area contributed by atoms with Crippen LogP contribution in [0, 0.1) is 6.92 Å². The first-order chi connectivity index (χ1) is 11.6. The molecule has 136 valence electrons. The van der Waals surface area contributed by atoms with Gasteiger partial charge in [0.05, 0.1) is 6.61 Å². The Hall–Kier alpha value is -1.11. The van der Waals surface area contributed by atoms with Crippen LogP contribution < -0.4 is 10.6 Å². The van der Waals surface area contributed by atoms with Crippen LogP contribution in [0.1, 0.15) is 29.5 Å². The predicted octanol–water partition coefficient (Wildman–Crippen LogP) is 2.26. The van der Waals surface area contributed by atoms with Gasteiger partial charge in [-0.25, -0.2) is 0 Å². The van der Waals surface area contributed by atoms with E-state index in [2.05, 4.69) is 46.5 Å². The first kappa shape index (κ1) is 19.2. The molecule has 1 fully saturated rings. The molecule has 0 bridgehead atoms. The van der Waals surface area contributed by atoms with Gasteiger partial charge in [0, 0.05) is 62.1 Å². The van der Waals surface area contributed by atoms with E-state index in [0.29, 0.717) is 6.04 Å². The molecule has 0 spiro atoms. The van der Waals surface area contributed by atoms with E-state index < -0.39 is 0 Å². The lowest BCUT2D eigenvalue weighted by molar-refractivity contribution is 0.144. The minimum absolute atomic E-state index is 0.363. The number of hydrogen-bond donors (Lipinski definition) is 2. The molecule has 1 aromatic rings. The van der Waals surface area contributed by atoms with Crippen LogP contribution in [0.5, 0.6) is 0 Å². The van der Waals surface area contributed by atoms with Crippen molar-refractivity contribution < 1.29 is 4.74 Å². The lowest BCUT2D eigenvalue weighted by Crippen LogP contribution is -2.46. The summed E-state index contributed by atoms with van der Waals surface area (Å²) in [5.41, 5.74) is 0. The maximum atomic E-state index is 5.21. The zero-order valence-electron chi connectivity index (χ0n) is 15.5. The van der Waals surface area contributed by atoms with Crippen molar-refractivity contribution in [1.82, 2.24) is 15.5 Å². The van der Waals surface area contributed by atoms with Crippen molar-refractivity contribution in [2.45, 2.75) is 45.2 Å². The monoisotopic (exact) mass is 352 g/mol. The van der Waals surface area contributed by atoms with Crippen LogP contribution in [0.3, 0.4) is 0 Å². The maximum absolute atomic E-state index is 5.21. The second-order valence-corrected chi connectivity index (χ2v) is 7.89. The van der Waals surface area contributed by atoms with Crippen molar-refractivity contribution in [1.29, 1.82) is 0 Å². The number of nitrogens with zero attached hydrogens (tertiary/aromatic N) is 2. The van der Waals surface area contributed by atoms with Gasteiger partial charge in [0.2, 0.25) is 0 Å². The molecule has 5 nitrogen and oxygen atoms in total. The summed E-state index contributed by atoms with van der Waals surface area (Å²) < 4.78 is 5.21. The van der Waals surface area contributed by atoms with Crippen LogP contribution in [0.4, 0.5) is 0 Å². The summed E-state index contributed by atoms with van der Waals surface area (Å²) >= 11 is 1.87. The molecule has 2 rings (SSSR count). The summed E-state index contributed by atoms with van der Waals surface area (Å²) in [5.74, 6) is 0.887. The van der Waals surface area contributed by atoms with E-state index in [9.17, 15) is 0 Å². The molecule has 1 heterocycles. The molecule has 1 saturated carbocycles. The topological polar surface area (TPSA) is 48.9 Å². The summed E-state index contributed by atoms with van der Waals surface area (Å²) in [6.45, 7) is 8.13. The van der Waals surface area contributed by atoms with Crippen molar-refractivity contribution in [2.24, 2.45) is 4.99 Å². The number of thiophene rings is 1. The van der Waals surface area contributed by atoms with Gasteiger partial charge in [-0.05, 0) is 38.8 Å². The summed E-state index contributed by atoms with van der Waals surface area (Å²) in [6.07, 6.45) is 3.68. The van der Waals surface area contributed by atoms with Crippen molar-refractivity contribution in [3.8, 4) is 0 Å². The van der Waals surface area contributed by atoms with Crippen molar-refractivity contribution >= 4 is 17.3 Å². The zero-order valence-corrected chi connectivity index (χ0v) is 16.3. The maximum Gasteiger partial charge on any atom is 0.191 e. The van der Waals surface area contributed by atoms with E-state index >= 15 is 0 Å². The molecule has 1 aliphatic rings. The molecule has 0 saturated heterocycles. The number of nitrogens with one attached hydrogen (secondary N) is 2. The second-order valence-electron chi connectivity index (χ2n) is 6.52. The first-order valence-corrected chi connectivity index (χ1v) is 9.69. The first-order valence-electron chi connectivity index (χ1n) is 8.88. The third kappa shape index (κ3) is 6.79. The fourth-order valence-corrected chi connectivity index (χ4v) is 3.84. The van der Waals surface area contributed by atoms with Crippen LogP contribution in [0.15, 0.2) is 17.1 Å². The lowest BCUT2D eigenvalue weighted by Gasteiger charge is -2.23. The molecule has 1 aliphatic carbocycles. The predicted molar refractivity (Wildman–Crippen MR) is 103 cm³/mol. The number of aryl methyl sites for hydroxylation is 1. The van der Waals surface area contributed by atoms with E-state index in [-0.39, 0.29) is 0 Å². The number of guanidine groups is 1. The molecule has 1 aromatic heterocycles. The molecule has 0 aliphatic heterocycles. The highest BCUT2D eigenvalue weighted by Gasteiger charge is 2.28. The third-order valence-electron chi connectivity index (χ3n) is 4.25. The molecule has 0 radical (unpaired) electrons. The van der Waals surface area contributed by atoms with Crippen LogP contribution in [-0.2, 0) is 11.2 Å². The summed E-state index contributed by atoms with van der Waals surface area (Å²) in [6, 6.07) is 5.53. The molecule has 6 heteroatoms. The summed E-state index contributed by atoms with van der Waals surface area (Å²) in [4.78, 5) is 9.65. The van der Waals surface area contributed by atoms with Gasteiger partial charge in [-0.1, -0.05) is 0 Å². The largest absolute Gasteiger partial charge is 0.383 e. The van der Waals surface area contributed by atoms with Crippen molar-refractivity contribution in [3.63, 3.8) is 0 Å². The van der Waals surface area contributed by atoms with Crippen LogP contribution >= 0.6 is 11.3 Å². The highest BCUT2D eigenvalue weighted by atomic mass is 32.1. The molecular weight excluding hydrogens is 320 g/mol. The van der Waals surface area contributed by atoms with Gasteiger partial charge < -0.3 is 15.4 Å². The van der Waals surface area contributed by atoms with Gasteiger partial charge in [-0.3, -0.25) is 9.89 Å². The average molecular weight is 353 g/mol. The third-order valence-corrected chi connectivity index (χ3v) is 5.27. The van der Waals surface area contributed by atoms with E-state index in [1.807, 2.05) is 18.4 Å². The highest BCUT2D eigenvalue weighted by Crippen LogP contribution is 2.25. The van der Waals surface area contributed by atoms with E-state index in [1.165, 1.54) is 22.6 Å². The second kappa shape index (κ2) is 10.0. The Kier molecular flexibility index (Phi) is 8.02. The molecule has 2 N–H and O–H groups in total. The highest BCUT2D eigenvalue weighted by molar-refractivity contribution is 7.11. The number of rotatable bonds is 10. The fraction of sp³-hybridized carbons (Fsp3) is 0.722. The van der Waals surface area contributed by atoms with Gasteiger partial charge in [-0.15, -0.1) is 11.3 Å². The minimum atomic E-state index is 0.363. The number of ether oxygens (including phenoxy) is 1. The summed E-state index contributed by atoms with van der Waals surface area (Å²) in [7, 11) is 3.60. The Morgan fingerprint density at radius 3 is 2.79 bits per heavy atom. The molecule has 1 unspecified atom stereocenters. The standard InChI is InChI=1S/C18H32N4OS/c1-14(13-17-8-5-15(2)24-17)21-18(19-3)20-9-10-22(11-12-23-4)16-6-7-16/h5,8,14,16H,6-7,9-13H2,1-4H3,(H2,19,20,21). The summed E-state index contributed by atoms with van der Waals surface area (Å²) in [5, 5.41) is 6.93. The fourth-order valence-electron chi connectivity index (χ4n) is 2.82.